The number of halogens is 3. The van der Waals surface area contributed by atoms with Gasteiger partial charge in [0.2, 0.25) is 5.91 Å². The van der Waals surface area contributed by atoms with Crippen LogP contribution in [-0.2, 0) is 4.79 Å². The fourth-order valence-corrected chi connectivity index (χ4v) is 4.74. The highest BCUT2D eigenvalue weighted by Gasteiger charge is 2.26. The average Bonchev–Trinajstić information content (AvgIpc) is 3.38. The molecule has 3 aromatic rings. The van der Waals surface area contributed by atoms with Crippen LogP contribution in [-0.4, -0.2) is 26.4 Å². The molecule has 1 N–H and O–H groups in total. The quantitative estimate of drug-likeness (QED) is 0.439. The summed E-state index contributed by atoms with van der Waals surface area (Å²) in [5.74, 6) is -0.711. The number of rotatable bonds is 6. The van der Waals surface area contributed by atoms with Crippen molar-refractivity contribution in [3.05, 3.63) is 58.6 Å². The van der Waals surface area contributed by atoms with Gasteiger partial charge < -0.3 is 5.32 Å². The molecule has 156 valence electrons. The average molecular weight is 493 g/mol. The van der Waals surface area contributed by atoms with Gasteiger partial charge in [-0.05, 0) is 43.2 Å². The lowest BCUT2D eigenvalue weighted by Gasteiger charge is -2.17. The van der Waals surface area contributed by atoms with Crippen LogP contribution in [0.3, 0.4) is 0 Å². The third kappa shape index (κ3) is 4.57. The summed E-state index contributed by atoms with van der Waals surface area (Å²) in [6.45, 7) is 0. The lowest BCUT2D eigenvalue weighted by molar-refractivity contribution is -0.113. The van der Waals surface area contributed by atoms with E-state index in [1.54, 1.807) is 24.3 Å². The molecule has 1 aliphatic rings. The van der Waals surface area contributed by atoms with Crippen molar-refractivity contribution in [2.24, 2.45) is 0 Å². The number of nitrogens with zero attached hydrogens (tertiary/aromatic N) is 3. The lowest BCUT2D eigenvalue weighted by atomic mass is 10.1. The zero-order valence-corrected chi connectivity index (χ0v) is 18.3. The minimum Gasteiger partial charge on any atom is -0.323 e. The van der Waals surface area contributed by atoms with Gasteiger partial charge in [0.05, 0.1) is 17.0 Å². The monoisotopic (exact) mass is 492 g/mol. The van der Waals surface area contributed by atoms with Crippen LogP contribution in [0.15, 0.2) is 52.1 Å². The number of hydrogen-bond donors (Lipinski definition) is 1. The van der Waals surface area contributed by atoms with Gasteiger partial charge >= 0.3 is 0 Å². The first-order valence-corrected chi connectivity index (χ1v) is 11.4. The summed E-state index contributed by atoms with van der Waals surface area (Å²) in [5, 5.41) is 11.6. The van der Waals surface area contributed by atoms with Crippen LogP contribution in [0.25, 0.3) is 11.4 Å². The number of anilines is 1. The predicted molar refractivity (Wildman–Crippen MR) is 116 cm³/mol. The third-order valence-corrected chi connectivity index (χ3v) is 6.44. The molecule has 0 aliphatic heterocycles. The van der Waals surface area contributed by atoms with Gasteiger partial charge in [-0.15, -0.1) is 10.2 Å². The topological polar surface area (TPSA) is 59.8 Å². The first-order valence-electron chi connectivity index (χ1n) is 9.60. The van der Waals surface area contributed by atoms with Crippen molar-refractivity contribution in [2.45, 2.75) is 36.9 Å². The highest BCUT2D eigenvalue weighted by atomic mass is 79.9. The summed E-state index contributed by atoms with van der Waals surface area (Å²) in [6.07, 6.45) is 4.10. The first-order chi connectivity index (χ1) is 14.5. The Morgan fingerprint density at radius 2 is 1.90 bits per heavy atom. The summed E-state index contributed by atoms with van der Waals surface area (Å²) >= 11 is 4.40. The van der Waals surface area contributed by atoms with Crippen LogP contribution in [0, 0.1) is 11.6 Å². The summed E-state index contributed by atoms with van der Waals surface area (Å²) in [7, 11) is 0. The molecule has 1 saturated carbocycles. The Morgan fingerprint density at radius 1 is 1.13 bits per heavy atom. The number of aromatic nitrogens is 3. The fraction of sp³-hybridized carbons (Fsp3) is 0.286. The number of carbonyl (C=O) groups excluding carboxylic acids is 1. The molecule has 1 aromatic heterocycles. The number of hydrogen-bond acceptors (Lipinski definition) is 4. The van der Waals surface area contributed by atoms with Gasteiger partial charge in [0.1, 0.15) is 11.6 Å². The Bertz CT molecular complexity index is 1070. The Kier molecular flexibility index (Phi) is 6.48. The van der Waals surface area contributed by atoms with E-state index in [0.717, 1.165) is 25.7 Å². The molecule has 4 rings (SSSR count). The normalized spacial score (nSPS) is 14.2. The molecule has 0 spiro atoms. The summed E-state index contributed by atoms with van der Waals surface area (Å²) in [6, 6.07) is 11.1. The molecule has 30 heavy (non-hydrogen) atoms. The molecule has 1 aliphatic carbocycles. The number of thioether (sulfide) groups is 1. The second kappa shape index (κ2) is 9.26. The van der Waals surface area contributed by atoms with E-state index in [1.807, 2.05) is 4.57 Å². The first kappa shape index (κ1) is 21.0. The summed E-state index contributed by atoms with van der Waals surface area (Å²) < 4.78 is 30.9. The van der Waals surface area contributed by atoms with Crippen LogP contribution in [0.2, 0.25) is 0 Å². The molecule has 0 atom stereocenters. The smallest absolute Gasteiger partial charge is 0.234 e. The van der Waals surface area contributed by atoms with E-state index >= 15 is 0 Å². The van der Waals surface area contributed by atoms with E-state index in [2.05, 4.69) is 31.4 Å². The van der Waals surface area contributed by atoms with Gasteiger partial charge in [-0.3, -0.25) is 9.36 Å². The van der Waals surface area contributed by atoms with E-state index in [0.29, 0.717) is 21.0 Å². The van der Waals surface area contributed by atoms with E-state index in [1.165, 1.54) is 30.0 Å². The summed E-state index contributed by atoms with van der Waals surface area (Å²) in [5.41, 5.74) is 0.512. The maximum atomic E-state index is 14.4. The highest BCUT2D eigenvalue weighted by Crippen LogP contribution is 2.37. The molecule has 2 aromatic carbocycles. The van der Waals surface area contributed by atoms with Crippen LogP contribution in [0.4, 0.5) is 14.5 Å². The van der Waals surface area contributed by atoms with E-state index < -0.39 is 5.82 Å². The maximum absolute atomic E-state index is 14.4. The largest absolute Gasteiger partial charge is 0.323 e. The maximum Gasteiger partial charge on any atom is 0.234 e. The Hall–Kier alpha value is -2.26. The SMILES string of the molecule is O=C(CSc1nnc(-c2ccccc2F)n1C1CCCC1)Nc1ccc(Br)cc1F. The van der Waals surface area contributed by atoms with Crippen molar-refractivity contribution in [3.63, 3.8) is 0 Å². The second-order valence-electron chi connectivity index (χ2n) is 7.06. The Labute approximate surface area is 185 Å². The van der Waals surface area contributed by atoms with Crippen molar-refractivity contribution in [1.29, 1.82) is 0 Å². The Morgan fingerprint density at radius 3 is 2.63 bits per heavy atom. The molecule has 0 radical (unpaired) electrons. The van der Waals surface area contributed by atoms with E-state index in [-0.39, 0.29) is 29.2 Å². The van der Waals surface area contributed by atoms with Gasteiger partial charge in [0.25, 0.3) is 0 Å². The minimum absolute atomic E-state index is 0.0393. The molecule has 9 heteroatoms. The number of carbonyl (C=O) groups is 1. The minimum atomic E-state index is -0.515. The molecular weight excluding hydrogens is 474 g/mol. The van der Waals surface area contributed by atoms with Gasteiger partial charge in [0, 0.05) is 10.5 Å². The molecule has 0 saturated heterocycles. The van der Waals surface area contributed by atoms with Crippen LogP contribution in [0.1, 0.15) is 31.7 Å². The second-order valence-corrected chi connectivity index (χ2v) is 8.91. The molecule has 1 heterocycles. The summed E-state index contributed by atoms with van der Waals surface area (Å²) in [4.78, 5) is 12.4. The predicted octanol–water partition coefficient (Wildman–Crippen LogP) is 5.83. The van der Waals surface area contributed by atoms with Crippen molar-refractivity contribution < 1.29 is 13.6 Å². The molecule has 1 fully saturated rings. The van der Waals surface area contributed by atoms with E-state index in [4.69, 9.17) is 0 Å². The lowest BCUT2D eigenvalue weighted by Crippen LogP contribution is -2.16. The van der Waals surface area contributed by atoms with Crippen LogP contribution in [0.5, 0.6) is 0 Å². The fourth-order valence-electron chi connectivity index (χ4n) is 3.60. The van der Waals surface area contributed by atoms with Gasteiger partial charge in [-0.25, -0.2) is 8.78 Å². The van der Waals surface area contributed by atoms with E-state index in [9.17, 15) is 13.6 Å². The molecule has 5 nitrogen and oxygen atoms in total. The highest BCUT2D eigenvalue weighted by molar-refractivity contribution is 9.10. The Balaban J connectivity index is 1.54. The standard InChI is InChI=1S/C21H19BrF2N4OS/c22-13-9-10-18(17(24)11-13)25-19(29)12-30-21-27-26-20(15-7-3-4-8-16(15)23)28(21)14-5-1-2-6-14/h3-4,7-11,14H,1-2,5-6,12H2,(H,25,29). The molecule has 1 amide bonds. The van der Waals surface area contributed by atoms with Crippen LogP contribution < -0.4 is 5.32 Å². The molecular formula is C21H19BrF2N4OS. The third-order valence-electron chi connectivity index (χ3n) is 5.01. The number of amides is 1. The van der Waals surface area contributed by atoms with Gasteiger partial charge in [-0.1, -0.05) is 52.7 Å². The van der Waals surface area contributed by atoms with Crippen molar-refractivity contribution in [2.75, 3.05) is 11.1 Å². The van der Waals surface area contributed by atoms with Gasteiger partial charge in [-0.2, -0.15) is 0 Å². The van der Waals surface area contributed by atoms with Crippen molar-refractivity contribution >= 4 is 39.3 Å². The molecule has 0 bridgehead atoms. The number of benzene rings is 2. The van der Waals surface area contributed by atoms with Crippen LogP contribution >= 0.6 is 27.7 Å². The van der Waals surface area contributed by atoms with Crippen molar-refractivity contribution in [3.8, 4) is 11.4 Å². The van der Waals surface area contributed by atoms with Gasteiger partial charge in [0.15, 0.2) is 11.0 Å². The number of nitrogens with one attached hydrogen (secondary N) is 1. The van der Waals surface area contributed by atoms with Crippen molar-refractivity contribution in [1.82, 2.24) is 14.8 Å². The zero-order valence-electron chi connectivity index (χ0n) is 15.9. The zero-order chi connectivity index (χ0) is 21.1. The molecule has 0 unspecified atom stereocenters.